The molecule has 3 aromatic rings. The van der Waals surface area contributed by atoms with Crippen LogP contribution in [0.25, 0.3) is 0 Å². The largest absolute Gasteiger partial charge is 0.467 e. The lowest BCUT2D eigenvalue weighted by atomic mass is 10.1. The van der Waals surface area contributed by atoms with E-state index in [0.29, 0.717) is 17.1 Å². The van der Waals surface area contributed by atoms with E-state index in [9.17, 15) is 4.79 Å². The summed E-state index contributed by atoms with van der Waals surface area (Å²) in [6.45, 7) is 6.47. The van der Waals surface area contributed by atoms with E-state index in [-0.39, 0.29) is 5.91 Å². The molecule has 1 N–H and O–H groups in total. The summed E-state index contributed by atoms with van der Waals surface area (Å²) in [6.07, 6.45) is 1.65. The van der Waals surface area contributed by atoms with Crippen LogP contribution in [0.2, 0.25) is 5.02 Å². The van der Waals surface area contributed by atoms with Crippen molar-refractivity contribution in [1.82, 2.24) is 4.57 Å². The summed E-state index contributed by atoms with van der Waals surface area (Å²) in [5.41, 5.74) is 4.26. The fourth-order valence-electron chi connectivity index (χ4n) is 2.75. The third-order valence-electron chi connectivity index (χ3n) is 4.16. The number of carbonyl (C=O) groups is 1. The lowest BCUT2D eigenvalue weighted by molar-refractivity contribution is 0.102. The minimum absolute atomic E-state index is 0.140. The minimum Gasteiger partial charge on any atom is -0.467 e. The maximum atomic E-state index is 12.7. The molecule has 0 saturated heterocycles. The predicted molar refractivity (Wildman–Crippen MR) is 95.9 cm³/mol. The van der Waals surface area contributed by atoms with Gasteiger partial charge in [-0.2, -0.15) is 0 Å². The average Bonchev–Trinajstić information content (AvgIpc) is 3.14. The number of hydrogen-bond acceptors (Lipinski definition) is 2. The molecule has 0 radical (unpaired) electrons. The van der Waals surface area contributed by atoms with E-state index >= 15 is 0 Å². The number of rotatable bonds is 4. The molecule has 2 aromatic heterocycles. The second kappa shape index (κ2) is 6.57. The number of anilines is 1. The SMILES string of the molecule is Cc1ccc(Cl)cc1NC(=O)c1cc(C)n(Cc2ccco2)c1C. The maximum Gasteiger partial charge on any atom is 0.257 e. The first kappa shape index (κ1) is 16.4. The van der Waals surface area contributed by atoms with E-state index in [4.69, 9.17) is 16.0 Å². The number of aryl methyl sites for hydroxylation is 2. The molecule has 0 bridgehead atoms. The molecule has 0 aliphatic rings. The van der Waals surface area contributed by atoms with Crippen LogP contribution < -0.4 is 5.32 Å². The molecule has 0 aliphatic heterocycles. The zero-order valence-electron chi connectivity index (χ0n) is 13.9. The van der Waals surface area contributed by atoms with E-state index in [1.54, 1.807) is 12.3 Å². The van der Waals surface area contributed by atoms with Crippen molar-refractivity contribution in [3.63, 3.8) is 0 Å². The number of carbonyl (C=O) groups excluding carboxylic acids is 1. The van der Waals surface area contributed by atoms with Gasteiger partial charge in [0.1, 0.15) is 5.76 Å². The molecule has 5 heteroatoms. The van der Waals surface area contributed by atoms with Crippen molar-refractivity contribution in [2.24, 2.45) is 0 Å². The van der Waals surface area contributed by atoms with Gasteiger partial charge in [-0.05, 0) is 56.7 Å². The van der Waals surface area contributed by atoms with Crippen molar-refractivity contribution in [3.8, 4) is 0 Å². The number of halogens is 1. The Balaban J connectivity index is 1.86. The Morgan fingerprint density at radius 2 is 2.00 bits per heavy atom. The maximum absolute atomic E-state index is 12.7. The van der Waals surface area contributed by atoms with Gasteiger partial charge < -0.3 is 14.3 Å². The summed E-state index contributed by atoms with van der Waals surface area (Å²) in [5, 5.41) is 3.54. The first-order valence-electron chi connectivity index (χ1n) is 7.72. The number of hydrogen-bond donors (Lipinski definition) is 1. The second-order valence-corrected chi connectivity index (χ2v) is 6.30. The van der Waals surface area contributed by atoms with Crippen LogP contribution in [0.1, 0.15) is 33.1 Å². The normalized spacial score (nSPS) is 10.8. The quantitative estimate of drug-likeness (QED) is 0.728. The number of amides is 1. The number of nitrogens with one attached hydrogen (secondary N) is 1. The molecule has 0 atom stereocenters. The molecule has 1 amide bonds. The van der Waals surface area contributed by atoms with Gasteiger partial charge in [-0.15, -0.1) is 0 Å². The highest BCUT2D eigenvalue weighted by Gasteiger charge is 2.17. The standard InChI is InChI=1S/C19H19ClN2O2/c1-12-6-7-15(20)10-18(12)21-19(23)17-9-13(2)22(14(17)3)11-16-5-4-8-24-16/h4-10H,11H2,1-3H3,(H,21,23). The van der Waals surface area contributed by atoms with Crippen LogP contribution in [0.4, 0.5) is 5.69 Å². The summed E-state index contributed by atoms with van der Waals surface area (Å²) in [6, 6.07) is 11.1. The highest BCUT2D eigenvalue weighted by atomic mass is 35.5. The lowest BCUT2D eigenvalue weighted by Gasteiger charge is -2.10. The number of furan rings is 1. The van der Waals surface area contributed by atoms with Gasteiger partial charge in [-0.3, -0.25) is 4.79 Å². The van der Waals surface area contributed by atoms with Gasteiger partial charge >= 0.3 is 0 Å². The molecule has 0 fully saturated rings. The average molecular weight is 343 g/mol. The first-order chi connectivity index (χ1) is 11.5. The Kier molecular flexibility index (Phi) is 4.49. The number of benzene rings is 1. The van der Waals surface area contributed by atoms with Gasteiger partial charge in [0.05, 0.1) is 18.4 Å². The van der Waals surface area contributed by atoms with Gasteiger partial charge in [0.15, 0.2) is 0 Å². The van der Waals surface area contributed by atoms with Crippen molar-refractivity contribution in [2.45, 2.75) is 27.3 Å². The van der Waals surface area contributed by atoms with Crippen LogP contribution in [0.15, 0.2) is 47.1 Å². The highest BCUT2D eigenvalue weighted by Crippen LogP contribution is 2.23. The van der Waals surface area contributed by atoms with Crippen molar-refractivity contribution in [3.05, 3.63) is 76.0 Å². The van der Waals surface area contributed by atoms with Gasteiger partial charge in [0, 0.05) is 22.1 Å². The van der Waals surface area contributed by atoms with E-state index in [2.05, 4.69) is 9.88 Å². The Morgan fingerprint density at radius 3 is 2.71 bits per heavy atom. The van der Waals surface area contributed by atoms with Crippen molar-refractivity contribution >= 4 is 23.2 Å². The Hall–Kier alpha value is -2.46. The molecule has 2 heterocycles. The molecule has 0 aliphatic carbocycles. The number of nitrogens with zero attached hydrogens (tertiary/aromatic N) is 1. The Morgan fingerprint density at radius 1 is 1.21 bits per heavy atom. The monoisotopic (exact) mass is 342 g/mol. The van der Waals surface area contributed by atoms with Gasteiger partial charge in [-0.25, -0.2) is 0 Å². The molecule has 4 nitrogen and oxygen atoms in total. The van der Waals surface area contributed by atoms with Crippen molar-refractivity contribution in [1.29, 1.82) is 0 Å². The lowest BCUT2D eigenvalue weighted by Crippen LogP contribution is -2.14. The topological polar surface area (TPSA) is 47.2 Å². The predicted octanol–water partition coefficient (Wildman–Crippen LogP) is 4.96. The van der Waals surface area contributed by atoms with Crippen LogP contribution in [0, 0.1) is 20.8 Å². The molecule has 24 heavy (non-hydrogen) atoms. The van der Waals surface area contributed by atoms with Crippen LogP contribution in [-0.4, -0.2) is 10.5 Å². The van der Waals surface area contributed by atoms with E-state index in [0.717, 1.165) is 28.4 Å². The van der Waals surface area contributed by atoms with Gasteiger partial charge in [0.2, 0.25) is 0 Å². The molecular weight excluding hydrogens is 324 g/mol. The van der Waals surface area contributed by atoms with Crippen molar-refractivity contribution in [2.75, 3.05) is 5.32 Å². The van der Waals surface area contributed by atoms with Gasteiger partial charge in [0.25, 0.3) is 5.91 Å². The molecule has 0 saturated carbocycles. The summed E-state index contributed by atoms with van der Waals surface area (Å²) < 4.78 is 7.47. The molecule has 0 unspecified atom stereocenters. The highest BCUT2D eigenvalue weighted by molar-refractivity contribution is 6.31. The summed E-state index contributed by atoms with van der Waals surface area (Å²) in [7, 11) is 0. The Bertz CT molecular complexity index is 879. The number of aromatic nitrogens is 1. The molecule has 3 rings (SSSR count). The van der Waals surface area contributed by atoms with Crippen LogP contribution >= 0.6 is 11.6 Å². The third-order valence-corrected chi connectivity index (χ3v) is 4.40. The van der Waals surface area contributed by atoms with Crippen molar-refractivity contribution < 1.29 is 9.21 Å². The fourth-order valence-corrected chi connectivity index (χ4v) is 2.92. The van der Waals surface area contributed by atoms with E-state index in [1.807, 2.05) is 51.1 Å². The molecular formula is C19H19ClN2O2. The Labute approximate surface area is 146 Å². The molecule has 124 valence electrons. The second-order valence-electron chi connectivity index (χ2n) is 5.86. The third kappa shape index (κ3) is 3.24. The smallest absolute Gasteiger partial charge is 0.257 e. The fraction of sp³-hybridized carbons (Fsp3) is 0.211. The van der Waals surface area contributed by atoms with Gasteiger partial charge in [-0.1, -0.05) is 17.7 Å². The summed E-state index contributed by atoms with van der Waals surface area (Å²) in [5.74, 6) is 0.716. The zero-order chi connectivity index (χ0) is 17.3. The van der Waals surface area contributed by atoms with Crippen LogP contribution in [0.5, 0.6) is 0 Å². The van der Waals surface area contributed by atoms with E-state index in [1.165, 1.54) is 0 Å². The van der Waals surface area contributed by atoms with Crippen LogP contribution in [-0.2, 0) is 6.54 Å². The first-order valence-corrected chi connectivity index (χ1v) is 8.10. The minimum atomic E-state index is -0.140. The molecule has 1 aromatic carbocycles. The summed E-state index contributed by atoms with van der Waals surface area (Å²) in [4.78, 5) is 12.7. The zero-order valence-corrected chi connectivity index (χ0v) is 14.6. The van der Waals surface area contributed by atoms with E-state index < -0.39 is 0 Å². The molecule has 0 spiro atoms. The van der Waals surface area contributed by atoms with Crippen LogP contribution in [0.3, 0.4) is 0 Å². The summed E-state index contributed by atoms with van der Waals surface area (Å²) >= 11 is 6.02.